The molecule has 1 atom stereocenters. The second-order valence-corrected chi connectivity index (χ2v) is 8.98. The van der Waals surface area contributed by atoms with Gasteiger partial charge in [-0.1, -0.05) is 41.9 Å². The third-order valence-electron chi connectivity index (χ3n) is 3.32. The molecule has 1 aromatic carbocycles. The van der Waals surface area contributed by atoms with Gasteiger partial charge in [-0.05, 0) is 49.3 Å². The highest BCUT2D eigenvalue weighted by Crippen LogP contribution is 2.23. The molecule has 0 spiro atoms. The number of rotatable bonds is 7. The molecular weight excluding hydrogens is 338 g/mol. The molecule has 1 aliphatic rings. The van der Waals surface area contributed by atoms with Gasteiger partial charge in [-0.15, -0.1) is 0 Å². The molecule has 5 heteroatoms. The first-order chi connectivity index (χ1) is 9.37. The van der Waals surface area contributed by atoms with Crippen LogP contribution in [0.25, 0.3) is 0 Å². The Morgan fingerprint density at radius 1 is 1.25 bits per heavy atom. The lowest BCUT2D eigenvalue weighted by molar-refractivity contribution is 0.571. The number of nitrogens with one attached hydrogen (secondary N) is 1. The Kier molecular flexibility index (Phi) is 5.26. The predicted octanol–water partition coefficient (Wildman–Crippen LogP) is 3.48. The Morgan fingerprint density at radius 2 is 1.85 bits per heavy atom. The van der Waals surface area contributed by atoms with Crippen LogP contribution in [-0.2, 0) is 16.4 Å². The summed E-state index contributed by atoms with van der Waals surface area (Å²) >= 11 is 3.68. The van der Waals surface area contributed by atoms with Crippen molar-refractivity contribution < 1.29 is 8.42 Å². The van der Waals surface area contributed by atoms with E-state index in [2.05, 4.69) is 34.5 Å². The van der Waals surface area contributed by atoms with E-state index in [0.717, 1.165) is 31.2 Å². The summed E-state index contributed by atoms with van der Waals surface area (Å²) in [5.41, 5.74) is 1.16. The molecule has 0 aromatic heterocycles. The molecule has 1 saturated carbocycles. The van der Waals surface area contributed by atoms with Crippen LogP contribution in [0.3, 0.4) is 0 Å². The van der Waals surface area contributed by atoms with Crippen molar-refractivity contribution in [2.24, 2.45) is 5.92 Å². The zero-order chi connectivity index (χ0) is 14.8. The van der Waals surface area contributed by atoms with Crippen molar-refractivity contribution in [1.82, 2.24) is 4.72 Å². The molecule has 1 aromatic rings. The molecule has 0 amide bonds. The van der Waals surface area contributed by atoms with E-state index in [0.29, 0.717) is 15.6 Å². The van der Waals surface area contributed by atoms with Crippen LogP contribution in [0.15, 0.2) is 29.2 Å². The topological polar surface area (TPSA) is 46.2 Å². The maximum atomic E-state index is 12.0. The summed E-state index contributed by atoms with van der Waals surface area (Å²) in [4.78, 5) is 0.803. The van der Waals surface area contributed by atoms with Crippen molar-refractivity contribution in [2.75, 3.05) is 0 Å². The predicted molar refractivity (Wildman–Crippen MR) is 85.7 cm³/mol. The SMILES string of the molecule is CC(C)CC(Br)Cc1ccc(S(=O)(=O)NC2CC2)cc1. The van der Waals surface area contributed by atoms with Crippen molar-refractivity contribution in [3.05, 3.63) is 29.8 Å². The molecular formula is C15H22BrNO2S. The molecule has 20 heavy (non-hydrogen) atoms. The molecule has 0 bridgehead atoms. The van der Waals surface area contributed by atoms with Gasteiger partial charge in [0.2, 0.25) is 10.0 Å². The van der Waals surface area contributed by atoms with Crippen LogP contribution < -0.4 is 4.72 Å². The number of hydrogen-bond donors (Lipinski definition) is 1. The number of hydrogen-bond acceptors (Lipinski definition) is 2. The Bertz CT molecular complexity index is 535. The monoisotopic (exact) mass is 359 g/mol. The largest absolute Gasteiger partial charge is 0.240 e. The van der Waals surface area contributed by atoms with Crippen molar-refractivity contribution in [3.63, 3.8) is 0 Å². The molecule has 112 valence electrons. The second-order valence-electron chi connectivity index (χ2n) is 5.97. The minimum absolute atomic E-state index is 0.151. The molecule has 1 unspecified atom stereocenters. The lowest BCUT2D eigenvalue weighted by Crippen LogP contribution is -2.25. The van der Waals surface area contributed by atoms with Gasteiger partial charge in [0.25, 0.3) is 0 Å². The summed E-state index contributed by atoms with van der Waals surface area (Å²) in [6.45, 7) is 4.40. The Balaban J connectivity index is 1.98. The maximum Gasteiger partial charge on any atom is 0.240 e. The number of sulfonamides is 1. The molecule has 1 fully saturated rings. The first-order valence-electron chi connectivity index (χ1n) is 7.12. The summed E-state index contributed by atoms with van der Waals surface area (Å²) in [6.07, 6.45) is 3.95. The fraction of sp³-hybridized carbons (Fsp3) is 0.600. The lowest BCUT2D eigenvalue weighted by Gasteiger charge is -2.12. The van der Waals surface area contributed by atoms with Crippen molar-refractivity contribution >= 4 is 26.0 Å². The van der Waals surface area contributed by atoms with Crippen LogP contribution in [-0.4, -0.2) is 19.3 Å². The summed E-state index contributed by atoms with van der Waals surface area (Å²) in [5, 5.41) is 0. The Hall–Kier alpha value is -0.390. The van der Waals surface area contributed by atoms with Gasteiger partial charge in [0, 0.05) is 10.9 Å². The first-order valence-corrected chi connectivity index (χ1v) is 9.52. The fourth-order valence-corrected chi connectivity index (χ4v) is 4.57. The van der Waals surface area contributed by atoms with Gasteiger partial charge >= 0.3 is 0 Å². The second kappa shape index (κ2) is 6.58. The highest BCUT2D eigenvalue weighted by Gasteiger charge is 2.27. The van der Waals surface area contributed by atoms with Crippen molar-refractivity contribution in [2.45, 2.75) is 55.3 Å². The van der Waals surface area contributed by atoms with Crippen LogP contribution in [0.1, 0.15) is 38.7 Å². The average molecular weight is 360 g/mol. The van der Waals surface area contributed by atoms with E-state index in [1.54, 1.807) is 12.1 Å². The highest BCUT2D eigenvalue weighted by molar-refractivity contribution is 9.09. The quantitative estimate of drug-likeness (QED) is 0.757. The van der Waals surface area contributed by atoms with Crippen molar-refractivity contribution in [3.8, 4) is 0 Å². The zero-order valence-electron chi connectivity index (χ0n) is 12.0. The summed E-state index contributed by atoms with van der Waals surface area (Å²) in [6, 6.07) is 7.38. The minimum Gasteiger partial charge on any atom is -0.208 e. The third kappa shape index (κ3) is 4.86. The standard InChI is InChI=1S/C15H22BrNO2S/c1-11(2)9-13(16)10-12-3-7-15(8-4-12)20(18,19)17-14-5-6-14/h3-4,7-8,11,13-14,17H,5-6,9-10H2,1-2H3. The lowest BCUT2D eigenvalue weighted by atomic mass is 10.0. The molecule has 0 heterocycles. The van der Waals surface area contributed by atoms with Gasteiger partial charge in [-0.2, -0.15) is 0 Å². The van der Waals surface area contributed by atoms with Crippen LogP contribution in [0.2, 0.25) is 0 Å². The van der Waals surface area contributed by atoms with Crippen LogP contribution >= 0.6 is 15.9 Å². The average Bonchev–Trinajstić information content (AvgIpc) is 3.11. The van der Waals surface area contributed by atoms with E-state index in [9.17, 15) is 8.42 Å². The zero-order valence-corrected chi connectivity index (χ0v) is 14.4. The molecule has 0 saturated heterocycles. The molecule has 1 aliphatic carbocycles. The van der Waals surface area contributed by atoms with Crippen LogP contribution in [0.4, 0.5) is 0 Å². The van der Waals surface area contributed by atoms with Crippen LogP contribution in [0, 0.1) is 5.92 Å². The third-order valence-corrected chi connectivity index (χ3v) is 5.55. The fourth-order valence-electron chi connectivity index (χ4n) is 2.14. The molecule has 0 aliphatic heterocycles. The van der Waals surface area contributed by atoms with Gasteiger partial charge in [-0.25, -0.2) is 13.1 Å². The first kappa shape index (κ1) is 16.0. The minimum atomic E-state index is -3.32. The molecule has 2 rings (SSSR count). The molecule has 0 radical (unpaired) electrons. The van der Waals surface area contributed by atoms with Gasteiger partial charge < -0.3 is 0 Å². The molecule has 3 nitrogen and oxygen atoms in total. The highest BCUT2D eigenvalue weighted by atomic mass is 79.9. The number of benzene rings is 1. The van der Waals surface area contributed by atoms with E-state index < -0.39 is 10.0 Å². The summed E-state index contributed by atoms with van der Waals surface area (Å²) in [5.74, 6) is 0.654. The maximum absolute atomic E-state index is 12.0. The van der Waals surface area contributed by atoms with E-state index in [1.165, 1.54) is 0 Å². The Morgan fingerprint density at radius 3 is 2.35 bits per heavy atom. The van der Waals surface area contributed by atoms with Crippen LogP contribution in [0.5, 0.6) is 0 Å². The van der Waals surface area contributed by atoms with Gasteiger partial charge in [0.05, 0.1) is 4.90 Å². The Labute approximate surface area is 130 Å². The molecule has 1 N–H and O–H groups in total. The van der Waals surface area contributed by atoms with E-state index >= 15 is 0 Å². The van der Waals surface area contributed by atoms with Crippen molar-refractivity contribution in [1.29, 1.82) is 0 Å². The van der Waals surface area contributed by atoms with E-state index in [-0.39, 0.29) is 6.04 Å². The normalized spacial score (nSPS) is 17.4. The number of alkyl halides is 1. The summed E-state index contributed by atoms with van der Waals surface area (Å²) in [7, 11) is -3.32. The smallest absolute Gasteiger partial charge is 0.208 e. The van der Waals surface area contributed by atoms with Gasteiger partial charge in [-0.3, -0.25) is 0 Å². The van der Waals surface area contributed by atoms with E-state index in [4.69, 9.17) is 0 Å². The number of halogens is 1. The van der Waals surface area contributed by atoms with E-state index in [1.807, 2.05) is 12.1 Å². The summed E-state index contributed by atoms with van der Waals surface area (Å²) < 4.78 is 26.8. The van der Waals surface area contributed by atoms with Gasteiger partial charge in [0.1, 0.15) is 0 Å². The van der Waals surface area contributed by atoms with Gasteiger partial charge in [0.15, 0.2) is 0 Å².